The minimum atomic E-state index is -0.169. The van der Waals surface area contributed by atoms with Crippen LogP contribution in [-0.4, -0.2) is 54.6 Å². The van der Waals surface area contributed by atoms with E-state index in [1.807, 2.05) is 6.07 Å². The summed E-state index contributed by atoms with van der Waals surface area (Å²) in [7, 11) is 0. The molecule has 112 valence electrons. The van der Waals surface area contributed by atoms with Crippen LogP contribution in [0, 0.1) is 5.82 Å². The second-order valence-electron chi connectivity index (χ2n) is 5.93. The lowest BCUT2D eigenvalue weighted by Gasteiger charge is -2.45. The Hall–Kier alpha value is -0.970. The van der Waals surface area contributed by atoms with E-state index in [0.717, 1.165) is 44.7 Å². The van der Waals surface area contributed by atoms with Crippen LogP contribution in [0.4, 0.5) is 4.39 Å². The van der Waals surface area contributed by atoms with Crippen molar-refractivity contribution in [3.8, 4) is 0 Å². The first kappa shape index (κ1) is 15.4. The molecule has 1 unspecified atom stereocenters. The van der Waals surface area contributed by atoms with Gasteiger partial charge in [-0.2, -0.15) is 0 Å². The van der Waals surface area contributed by atoms with Crippen molar-refractivity contribution in [2.75, 3.05) is 39.3 Å². The monoisotopic (exact) mass is 279 g/mol. The quantitative estimate of drug-likeness (QED) is 0.891. The zero-order valence-electron chi connectivity index (χ0n) is 12.6. The Morgan fingerprint density at radius 3 is 2.50 bits per heavy atom. The number of benzene rings is 1. The van der Waals surface area contributed by atoms with Crippen LogP contribution in [0.15, 0.2) is 24.3 Å². The molecule has 3 nitrogen and oxygen atoms in total. The molecule has 4 heteroatoms. The van der Waals surface area contributed by atoms with E-state index in [1.54, 1.807) is 12.1 Å². The van der Waals surface area contributed by atoms with Crippen molar-refractivity contribution in [3.05, 3.63) is 35.6 Å². The molecule has 0 amide bonds. The predicted molar refractivity (Wildman–Crippen MR) is 81.3 cm³/mol. The van der Waals surface area contributed by atoms with Gasteiger partial charge < -0.3 is 10.6 Å². The Labute approximate surface area is 121 Å². The summed E-state index contributed by atoms with van der Waals surface area (Å²) in [4.78, 5) is 4.92. The fourth-order valence-corrected chi connectivity index (χ4v) is 3.00. The van der Waals surface area contributed by atoms with Gasteiger partial charge in [0.15, 0.2) is 0 Å². The predicted octanol–water partition coefficient (Wildman–Crippen LogP) is 1.72. The van der Waals surface area contributed by atoms with Crippen molar-refractivity contribution in [2.45, 2.75) is 25.8 Å². The number of nitrogens with two attached hydrogens (primary N) is 1. The first-order valence-corrected chi connectivity index (χ1v) is 7.49. The molecule has 0 saturated carbocycles. The van der Waals surface area contributed by atoms with Crippen molar-refractivity contribution in [1.82, 2.24) is 9.80 Å². The van der Waals surface area contributed by atoms with Gasteiger partial charge in [-0.05, 0) is 37.6 Å². The van der Waals surface area contributed by atoms with Gasteiger partial charge >= 0.3 is 0 Å². The van der Waals surface area contributed by atoms with Gasteiger partial charge in [0.1, 0.15) is 5.82 Å². The van der Waals surface area contributed by atoms with Crippen molar-refractivity contribution >= 4 is 0 Å². The first-order chi connectivity index (χ1) is 9.57. The lowest BCUT2D eigenvalue weighted by atomic mass is 9.90. The highest BCUT2D eigenvalue weighted by Gasteiger charge is 2.32. The van der Waals surface area contributed by atoms with E-state index in [2.05, 4.69) is 23.6 Å². The molecule has 0 bridgehead atoms. The van der Waals surface area contributed by atoms with Crippen LogP contribution in [0.5, 0.6) is 0 Å². The topological polar surface area (TPSA) is 32.5 Å². The maximum absolute atomic E-state index is 13.3. The van der Waals surface area contributed by atoms with Crippen LogP contribution in [0.3, 0.4) is 0 Å². The van der Waals surface area contributed by atoms with Crippen molar-refractivity contribution in [2.24, 2.45) is 5.73 Å². The van der Waals surface area contributed by atoms with Crippen LogP contribution >= 0.6 is 0 Å². The van der Waals surface area contributed by atoms with Gasteiger partial charge in [-0.1, -0.05) is 19.1 Å². The van der Waals surface area contributed by atoms with Crippen LogP contribution in [0.25, 0.3) is 0 Å². The summed E-state index contributed by atoms with van der Waals surface area (Å²) < 4.78 is 13.3. The Bertz CT molecular complexity index is 429. The standard InChI is InChI=1S/C16H26FN3/c1-3-19-7-9-20(10-8-19)16(2,13-18)12-14-5-4-6-15(17)11-14/h4-6,11H,3,7-10,12-13,18H2,1-2H3. The molecule has 1 aliphatic heterocycles. The molecule has 0 spiro atoms. The number of hydrogen-bond acceptors (Lipinski definition) is 3. The van der Waals surface area contributed by atoms with Gasteiger partial charge in [0, 0.05) is 38.3 Å². The first-order valence-electron chi connectivity index (χ1n) is 7.49. The lowest BCUT2D eigenvalue weighted by Crippen LogP contribution is -2.59. The smallest absolute Gasteiger partial charge is 0.123 e. The number of likely N-dealkylation sites (N-methyl/N-ethyl adjacent to an activating group) is 1. The fourth-order valence-electron chi connectivity index (χ4n) is 3.00. The van der Waals surface area contributed by atoms with E-state index < -0.39 is 0 Å². The second-order valence-corrected chi connectivity index (χ2v) is 5.93. The van der Waals surface area contributed by atoms with Crippen molar-refractivity contribution in [3.63, 3.8) is 0 Å². The summed E-state index contributed by atoms with van der Waals surface area (Å²) in [6.45, 7) is 10.4. The molecule has 1 fully saturated rings. The lowest BCUT2D eigenvalue weighted by molar-refractivity contribution is 0.0485. The SMILES string of the molecule is CCN1CCN(C(C)(CN)Cc2cccc(F)c2)CC1. The highest BCUT2D eigenvalue weighted by atomic mass is 19.1. The molecular weight excluding hydrogens is 253 g/mol. The third-order valence-corrected chi connectivity index (χ3v) is 4.50. The zero-order chi connectivity index (χ0) is 14.6. The molecule has 1 aliphatic rings. The molecule has 1 saturated heterocycles. The Morgan fingerprint density at radius 2 is 1.95 bits per heavy atom. The number of piperazine rings is 1. The molecule has 0 radical (unpaired) electrons. The Morgan fingerprint density at radius 1 is 1.25 bits per heavy atom. The highest BCUT2D eigenvalue weighted by Crippen LogP contribution is 2.22. The van der Waals surface area contributed by atoms with E-state index in [4.69, 9.17) is 5.73 Å². The van der Waals surface area contributed by atoms with Gasteiger partial charge in [0.2, 0.25) is 0 Å². The van der Waals surface area contributed by atoms with Crippen LogP contribution in [0.1, 0.15) is 19.4 Å². The molecule has 1 aromatic rings. The maximum Gasteiger partial charge on any atom is 0.123 e. The van der Waals surface area contributed by atoms with Gasteiger partial charge in [0.25, 0.3) is 0 Å². The number of rotatable bonds is 5. The second kappa shape index (κ2) is 6.66. The molecule has 2 N–H and O–H groups in total. The molecule has 1 atom stereocenters. The van der Waals surface area contributed by atoms with Gasteiger partial charge in [0.05, 0.1) is 0 Å². The van der Waals surface area contributed by atoms with Crippen LogP contribution < -0.4 is 5.73 Å². The highest BCUT2D eigenvalue weighted by molar-refractivity contribution is 5.19. The van der Waals surface area contributed by atoms with Crippen LogP contribution in [-0.2, 0) is 6.42 Å². The summed E-state index contributed by atoms with van der Waals surface area (Å²) in [5.74, 6) is -0.169. The third kappa shape index (κ3) is 3.57. The minimum absolute atomic E-state index is 0.0897. The molecule has 2 rings (SSSR count). The third-order valence-electron chi connectivity index (χ3n) is 4.50. The Balaban J connectivity index is 2.05. The summed E-state index contributed by atoms with van der Waals surface area (Å²) in [5, 5.41) is 0. The van der Waals surface area contributed by atoms with E-state index in [9.17, 15) is 4.39 Å². The fraction of sp³-hybridized carbons (Fsp3) is 0.625. The molecule has 20 heavy (non-hydrogen) atoms. The maximum atomic E-state index is 13.3. The Kier molecular flexibility index (Phi) is 5.13. The summed E-state index contributed by atoms with van der Waals surface area (Å²) >= 11 is 0. The van der Waals surface area contributed by atoms with Gasteiger partial charge in [-0.25, -0.2) is 4.39 Å². The van der Waals surface area contributed by atoms with Gasteiger partial charge in [-0.15, -0.1) is 0 Å². The molecule has 0 aliphatic carbocycles. The van der Waals surface area contributed by atoms with Crippen molar-refractivity contribution < 1.29 is 4.39 Å². The normalized spacial score (nSPS) is 20.8. The number of halogens is 1. The minimum Gasteiger partial charge on any atom is -0.329 e. The van der Waals surface area contributed by atoms with E-state index >= 15 is 0 Å². The molecular formula is C16H26FN3. The summed E-state index contributed by atoms with van der Waals surface area (Å²) in [5.41, 5.74) is 6.98. The van der Waals surface area contributed by atoms with Crippen LogP contribution in [0.2, 0.25) is 0 Å². The molecule has 1 aromatic carbocycles. The molecule has 0 aromatic heterocycles. The summed E-state index contributed by atoms with van der Waals surface area (Å²) in [6, 6.07) is 6.87. The zero-order valence-corrected chi connectivity index (χ0v) is 12.6. The largest absolute Gasteiger partial charge is 0.329 e. The average Bonchev–Trinajstić information content (AvgIpc) is 2.47. The van der Waals surface area contributed by atoms with Crippen molar-refractivity contribution in [1.29, 1.82) is 0 Å². The molecule has 1 heterocycles. The summed E-state index contributed by atoms with van der Waals surface area (Å²) in [6.07, 6.45) is 0.799. The number of nitrogens with zero attached hydrogens (tertiary/aromatic N) is 2. The van der Waals surface area contributed by atoms with Gasteiger partial charge in [-0.3, -0.25) is 4.90 Å². The van der Waals surface area contributed by atoms with E-state index in [-0.39, 0.29) is 11.4 Å². The average molecular weight is 279 g/mol. The number of hydrogen-bond donors (Lipinski definition) is 1. The van der Waals surface area contributed by atoms with E-state index in [1.165, 1.54) is 6.07 Å². The van der Waals surface area contributed by atoms with E-state index in [0.29, 0.717) is 6.54 Å².